The van der Waals surface area contributed by atoms with Gasteiger partial charge in [0.05, 0.1) is 11.3 Å². The molecule has 0 aromatic carbocycles. The smallest absolute Gasteiger partial charge is 0.252 e. The zero-order valence-electron chi connectivity index (χ0n) is 15.5. The van der Waals surface area contributed by atoms with Crippen molar-refractivity contribution in [3.8, 4) is 0 Å². The van der Waals surface area contributed by atoms with Gasteiger partial charge in [0.2, 0.25) is 0 Å². The summed E-state index contributed by atoms with van der Waals surface area (Å²) in [7, 11) is 1.78. The zero-order chi connectivity index (χ0) is 18.9. The van der Waals surface area contributed by atoms with E-state index in [1.807, 2.05) is 6.07 Å². The van der Waals surface area contributed by atoms with Gasteiger partial charge in [-0.1, -0.05) is 5.16 Å². The molecule has 3 heterocycles. The third-order valence-corrected chi connectivity index (χ3v) is 4.38. The quantitative estimate of drug-likeness (QED) is 0.425. The maximum atomic E-state index is 12.0. The number of piperazine rings is 1. The van der Waals surface area contributed by atoms with Crippen LogP contribution in [0.3, 0.4) is 0 Å². The van der Waals surface area contributed by atoms with Crippen LogP contribution in [-0.2, 0) is 6.54 Å². The average Bonchev–Trinajstić information content (AvgIpc) is 3.22. The minimum atomic E-state index is -0.124. The van der Waals surface area contributed by atoms with E-state index < -0.39 is 0 Å². The number of aromatic nitrogens is 2. The maximum Gasteiger partial charge on any atom is 0.252 e. The Bertz CT molecular complexity index is 725. The summed E-state index contributed by atoms with van der Waals surface area (Å²) in [5, 5.41) is 10.1. The van der Waals surface area contributed by atoms with E-state index in [0.29, 0.717) is 18.7 Å². The molecule has 1 aliphatic rings. The van der Waals surface area contributed by atoms with Gasteiger partial charge < -0.3 is 20.1 Å². The number of hydrogen-bond acceptors (Lipinski definition) is 6. The highest BCUT2D eigenvalue weighted by atomic mass is 16.5. The van der Waals surface area contributed by atoms with E-state index in [1.54, 1.807) is 37.8 Å². The van der Waals surface area contributed by atoms with Gasteiger partial charge in [-0.15, -0.1) is 0 Å². The number of pyridine rings is 1. The summed E-state index contributed by atoms with van der Waals surface area (Å²) in [5.74, 6) is 0.730. The van der Waals surface area contributed by atoms with E-state index in [2.05, 4.69) is 35.6 Å². The van der Waals surface area contributed by atoms with Crippen LogP contribution in [0.1, 0.15) is 16.1 Å². The molecule has 0 spiro atoms. The molecule has 0 saturated carbocycles. The molecule has 9 heteroatoms. The van der Waals surface area contributed by atoms with E-state index in [4.69, 9.17) is 4.52 Å². The monoisotopic (exact) mass is 371 g/mol. The number of rotatable bonds is 6. The third kappa shape index (κ3) is 5.52. The van der Waals surface area contributed by atoms with E-state index in [9.17, 15) is 4.79 Å². The van der Waals surface area contributed by atoms with Crippen molar-refractivity contribution in [3.63, 3.8) is 0 Å². The lowest BCUT2D eigenvalue weighted by Crippen LogP contribution is -2.53. The van der Waals surface area contributed by atoms with E-state index in [1.165, 1.54) is 0 Å². The van der Waals surface area contributed by atoms with Gasteiger partial charge in [-0.25, -0.2) is 0 Å². The van der Waals surface area contributed by atoms with Crippen LogP contribution in [0.4, 0.5) is 0 Å². The van der Waals surface area contributed by atoms with Crippen molar-refractivity contribution < 1.29 is 9.32 Å². The van der Waals surface area contributed by atoms with Gasteiger partial charge in [-0.3, -0.25) is 19.7 Å². The third-order valence-electron chi connectivity index (χ3n) is 4.38. The van der Waals surface area contributed by atoms with E-state index in [0.717, 1.165) is 44.4 Å². The summed E-state index contributed by atoms with van der Waals surface area (Å²) in [6.07, 6.45) is 4.80. The second-order valence-corrected chi connectivity index (χ2v) is 6.23. The highest BCUT2D eigenvalue weighted by molar-refractivity contribution is 5.93. The number of amides is 1. The Balaban J connectivity index is 1.36. The molecule has 27 heavy (non-hydrogen) atoms. The second-order valence-electron chi connectivity index (χ2n) is 6.23. The number of nitrogens with zero attached hydrogens (tertiary/aromatic N) is 5. The van der Waals surface area contributed by atoms with Crippen LogP contribution in [0, 0.1) is 0 Å². The standard InChI is InChI=1S/C18H25N7O2/c1-19-18(22-7-6-21-17(26)15-3-2-5-20-13-15)25-10-8-24(9-11-25)14-16-4-12-27-23-16/h2-5,12-13H,6-11,14H2,1H3,(H,19,22)(H,21,26). The van der Waals surface area contributed by atoms with Gasteiger partial charge in [0.1, 0.15) is 6.26 Å². The summed E-state index contributed by atoms with van der Waals surface area (Å²) in [5.41, 5.74) is 1.51. The second kappa shape index (κ2) is 9.67. The number of guanidine groups is 1. The minimum absolute atomic E-state index is 0.124. The molecule has 0 bridgehead atoms. The van der Waals surface area contributed by atoms with Crippen molar-refractivity contribution in [1.82, 2.24) is 30.6 Å². The van der Waals surface area contributed by atoms with Crippen molar-refractivity contribution in [2.75, 3.05) is 46.3 Å². The molecule has 1 amide bonds. The Labute approximate surface area is 158 Å². The highest BCUT2D eigenvalue weighted by Crippen LogP contribution is 2.07. The molecule has 0 radical (unpaired) electrons. The lowest BCUT2D eigenvalue weighted by molar-refractivity contribution is 0.0954. The Kier molecular flexibility index (Phi) is 6.75. The fraction of sp³-hybridized carbons (Fsp3) is 0.444. The number of carbonyl (C=O) groups is 1. The van der Waals surface area contributed by atoms with Crippen LogP contribution in [0.2, 0.25) is 0 Å². The number of aliphatic imine (C=N–C) groups is 1. The van der Waals surface area contributed by atoms with Crippen molar-refractivity contribution in [1.29, 1.82) is 0 Å². The molecule has 2 aromatic heterocycles. The molecule has 2 N–H and O–H groups in total. The molecule has 0 aliphatic carbocycles. The van der Waals surface area contributed by atoms with Crippen molar-refractivity contribution >= 4 is 11.9 Å². The van der Waals surface area contributed by atoms with Crippen LogP contribution in [0.25, 0.3) is 0 Å². The molecule has 1 fully saturated rings. The van der Waals surface area contributed by atoms with Gasteiger partial charge in [-0.05, 0) is 12.1 Å². The highest BCUT2D eigenvalue weighted by Gasteiger charge is 2.20. The largest absolute Gasteiger partial charge is 0.364 e. The molecule has 0 unspecified atom stereocenters. The molecule has 2 aromatic rings. The summed E-state index contributed by atoms with van der Waals surface area (Å²) in [6.45, 7) is 5.57. The zero-order valence-corrected chi connectivity index (χ0v) is 15.5. The van der Waals surface area contributed by atoms with Gasteiger partial charge in [-0.2, -0.15) is 0 Å². The first-order valence-electron chi connectivity index (χ1n) is 9.01. The van der Waals surface area contributed by atoms with Gasteiger partial charge >= 0.3 is 0 Å². The number of carbonyl (C=O) groups excluding carboxylic acids is 1. The molecule has 1 aliphatic heterocycles. The van der Waals surface area contributed by atoms with Crippen molar-refractivity contribution in [3.05, 3.63) is 48.1 Å². The van der Waals surface area contributed by atoms with Crippen LogP contribution in [-0.4, -0.2) is 78.1 Å². The van der Waals surface area contributed by atoms with Crippen molar-refractivity contribution in [2.45, 2.75) is 6.54 Å². The lowest BCUT2D eigenvalue weighted by atomic mass is 10.3. The molecule has 3 rings (SSSR count). The fourth-order valence-corrected chi connectivity index (χ4v) is 2.95. The normalized spacial score (nSPS) is 15.6. The molecule has 9 nitrogen and oxygen atoms in total. The Hall–Kier alpha value is -2.94. The fourth-order valence-electron chi connectivity index (χ4n) is 2.95. The molecule has 144 valence electrons. The molecule has 1 saturated heterocycles. The summed E-state index contributed by atoms with van der Waals surface area (Å²) < 4.78 is 4.88. The molecular weight excluding hydrogens is 346 g/mol. The van der Waals surface area contributed by atoms with Gasteiger partial charge in [0, 0.05) is 71.3 Å². The molecular formula is C18H25N7O2. The minimum Gasteiger partial charge on any atom is -0.364 e. The van der Waals surface area contributed by atoms with E-state index >= 15 is 0 Å². The molecule has 0 atom stereocenters. The first-order chi connectivity index (χ1) is 13.3. The predicted molar refractivity (Wildman–Crippen MR) is 101 cm³/mol. The first kappa shape index (κ1) is 18.8. The SMILES string of the molecule is CN=C(NCCNC(=O)c1cccnc1)N1CCN(Cc2ccon2)CC1. The van der Waals surface area contributed by atoms with Crippen LogP contribution < -0.4 is 10.6 Å². The van der Waals surface area contributed by atoms with Crippen LogP contribution >= 0.6 is 0 Å². The summed E-state index contributed by atoms with van der Waals surface area (Å²) in [6, 6.07) is 5.39. The van der Waals surface area contributed by atoms with Crippen LogP contribution in [0.15, 0.2) is 46.4 Å². The number of nitrogens with one attached hydrogen (secondary N) is 2. The predicted octanol–water partition coefficient (Wildman–Crippen LogP) is 0.193. The summed E-state index contributed by atoms with van der Waals surface area (Å²) in [4.78, 5) is 24.9. The van der Waals surface area contributed by atoms with E-state index in [-0.39, 0.29) is 5.91 Å². The van der Waals surface area contributed by atoms with Crippen LogP contribution in [0.5, 0.6) is 0 Å². The van der Waals surface area contributed by atoms with Gasteiger partial charge in [0.25, 0.3) is 5.91 Å². The first-order valence-corrected chi connectivity index (χ1v) is 9.01. The average molecular weight is 371 g/mol. The Morgan fingerprint density at radius 3 is 2.70 bits per heavy atom. The summed E-state index contributed by atoms with van der Waals surface area (Å²) >= 11 is 0. The van der Waals surface area contributed by atoms with Gasteiger partial charge in [0.15, 0.2) is 5.96 Å². The van der Waals surface area contributed by atoms with Crippen molar-refractivity contribution in [2.24, 2.45) is 4.99 Å². The Morgan fingerprint density at radius 2 is 2.04 bits per heavy atom. The maximum absolute atomic E-state index is 12.0. The Morgan fingerprint density at radius 1 is 1.22 bits per heavy atom. The number of hydrogen-bond donors (Lipinski definition) is 2. The lowest BCUT2D eigenvalue weighted by Gasteiger charge is -2.36. The topological polar surface area (TPSA) is 98.9 Å².